The molecular weight excluding hydrogens is 448 g/mol. The number of ether oxygens (including phenoxy) is 2. The number of morpholine rings is 1. The fourth-order valence-electron chi connectivity index (χ4n) is 2.89. The number of hydrogen-bond acceptors (Lipinski definition) is 6. The van der Waals surface area contributed by atoms with E-state index in [9.17, 15) is 9.59 Å². The quantitative estimate of drug-likeness (QED) is 0.157. The summed E-state index contributed by atoms with van der Waals surface area (Å²) in [4.78, 5) is 27.6. The van der Waals surface area contributed by atoms with E-state index < -0.39 is 11.9 Å². The van der Waals surface area contributed by atoms with E-state index in [0.717, 1.165) is 5.57 Å². The van der Waals surface area contributed by atoms with Crippen LogP contribution in [0.1, 0.15) is 34.6 Å². The lowest BCUT2D eigenvalue weighted by Crippen LogP contribution is -2.43. The lowest BCUT2D eigenvalue weighted by molar-refractivity contribution is -0.139. The van der Waals surface area contributed by atoms with E-state index in [4.69, 9.17) is 27.5 Å². The van der Waals surface area contributed by atoms with Crippen molar-refractivity contribution in [2.24, 2.45) is 5.92 Å². The molecule has 1 heterocycles. The van der Waals surface area contributed by atoms with Crippen molar-refractivity contribution in [1.82, 2.24) is 10.2 Å². The summed E-state index contributed by atoms with van der Waals surface area (Å²) in [6, 6.07) is 0. The Morgan fingerprint density at radius 1 is 1.31 bits per heavy atom. The number of halogens is 1. The highest BCUT2D eigenvalue weighted by Crippen LogP contribution is 2.29. The van der Waals surface area contributed by atoms with Crippen LogP contribution in [-0.4, -0.2) is 67.9 Å². The number of carbonyl (C=O) groups is 2. The first kappa shape index (κ1) is 30.3. The molecule has 0 aromatic rings. The van der Waals surface area contributed by atoms with Gasteiger partial charge >= 0.3 is 5.97 Å². The molecule has 0 bridgehead atoms. The molecule has 1 N–H and O–H groups in total. The minimum Gasteiger partial charge on any atom is -0.463 e. The maximum Gasteiger partial charge on any atom is 0.337 e. The second-order valence-corrected chi connectivity index (χ2v) is 8.01. The summed E-state index contributed by atoms with van der Waals surface area (Å²) in [5, 5.41) is 3.42. The van der Waals surface area contributed by atoms with E-state index in [-0.39, 0.29) is 19.1 Å². The second kappa shape index (κ2) is 18.8. The molecule has 1 fully saturated rings. The average molecular weight is 485 g/mol. The molecule has 1 amide bonds. The van der Waals surface area contributed by atoms with Gasteiger partial charge in [-0.25, -0.2) is 4.79 Å². The van der Waals surface area contributed by atoms with Crippen LogP contribution >= 0.6 is 23.4 Å². The van der Waals surface area contributed by atoms with Crippen LogP contribution in [0, 0.1) is 18.3 Å². The van der Waals surface area contributed by atoms with Gasteiger partial charge in [-0.3, -0.25) is 9.69 Å². The summed E-state index contributed by atoms with van der Waals surface area (Å²) in [5.41, 5.74) is 1.11. The lowest BCUT2D eigenvalue weighted by atomic mass is 9.92. The highest BCUT2D eigenvalue weighted by molar-refractivity contribution is 8.03. The minimum absolute atomic E-state index is 0.180. The molecule has 6 nitrogen and oxygen atoms in total. The Labute approximate surface area is 202 Å². The van der Waals surface area contributed by atoms with E-state index in [1.807, 2.05) is 32.6 Å². The minimum atomic E-state index is -0.477. The van der Waals surface area contributed by atoms with Crippen LogP contribution in [0.25, 0.3) is 0 Å². The third-order valence-electron chi connectivity index (χ3n) is 4.33. The Hall–Kier alpha value is -1.72. The van der Waals surface area contributed by atoms with Crippen LogP contribution in [0.5, 0.6) is 0 Å². The number of carbonyl (C=O) groups excluding carboxylic acids is 2. The van der Waals surface area contributed by atoms with Crippen LogP contribution in [0.3, 0.4) is 0 Å². The monoisotopic (exact) mass is 484 g/mol. The first-order valence-corrected chi connectivity index (χ1v) is 12.5. The molecule has 0 spiro atoms. The van der Waals surface area contributed by atoms with Crippen molar-refractivity contribution in [2.75, 3.05) is 51.1 Å². The van der Waals surface area contributed by atoms with Gasteiger partial charge in [0.2, 0.25) is 5.91 Å². The highest BCUT2D eigenvalue weighted by atomic mass is 35.5. The molecule has 1 unspecified atom stereocenters. The number of alkyl halides is 1. The van der Waals surface area contributed by atoms with E-state index in [1.165, 1.54) is 11.8 Å². The molecule has 0 aliphatic carbocycles. The molecule has 0 aromatic carbocycles. The zero-order valence-electron chi connectivity index (χ0n) is 19.9. The number of rotatable bonds is 11. The summed E-state index contributed by atoms with van der Waals surface area (Å²) >= 11 is 7.16. The van der Waals surface area contributed by atoms with Crippen molar-refractivity contribution >= 4 is 35.2 Å². The summed E-state index contributed by atoms with van der Waals surface area (Å²) in [5.74, 6) is 2.45. The van der Waals surface area contributed by atoms with E-state index in [1.54, 1.807) is 25.2 Å². The summed E-state index contributed by atoms with van der Waals surface area (Å²) in [6.07, 6.45) is 10.6. The number of allylic oxidation sites excluding steroid dienone is 4. The van der Waals surface area contributed by atoms with Crippen LogP contribution in [0.2, 0.25) is 0 Å². The standard InChI is InChI=1S/C22H31ClN2O4S.C2H6/c1-5-9-18(10-8-11-23)17(4)20(22(27)29-6-2)21(30-7-3)24-19(26)16-25-12-14-28-15-13-25;1-2/h1,8-10,17H,6-7,11-16H2,2-4H3,(H,24,26);1-2H3/b10-8-,18-9+,21-20+;. The number of terminal acetylenes is 1. The first-order valence-electron chi connectivity index (χ1n) is 11.0. The fourth-order valence-corrected chi connectivity index (χ4v) is 3.87. The Morgan fingerprint density at radius 2 is 1.97 bits per heavy atom. The number of thioether (sulfide) groups is 1. The van der Waals surface area contributed by atoms with Crippen molar-refractivity contribution in [3.8, 4) is 12.3 Å². The Balaban J connectivity index is 0.00000466. The molecule has 1 rings (SSSR count). The maximum atomic E-state index is 12.9. The van der Waals surface area contributed by atoms with Gasteiger partial charge in [-0.15, -0.1) is 29.8 Å². The van der Waals surface area contributed by atoms with Gasteiger partial charge in [0.15, 0.2) is 0 Å². The maximum absolute atomic E-state index is 12.9. The van der Waals surface area contributed by atoms with Gasteiger partial charge in [0, 0.05) is 24.9 Å². The molecule has 0 radical (unpaired) electrons. The lowest BCUT2D eigenvalue weighted by Gasteiger charge is -2.26. The van der Waals surface area contributed by atoms with Gasteiger partial charge in [-0.1, -0.05) is 45.8 Å². The zero-order valence-corrected chi connectivity index (χ0v) is 21.5. The van der Waals surface area contributed by atoms with Crippen LogP contribution in [-0.2, 0) is 19.1 Å². The topological polar surface area (TPSA) is 67.9 Å². The molecular formula is C24H37ClN2O4S. The van der Waals surface area contributed by atoms with Crippen LogP contribution in [0.4, 0.5) is 0 Å². The van der Waals surface area contributed by atoms with Crippen LogP contribution < -0.4 is 5.32 Å². The van der Waals surface area contributed by atoms with Crippen molar-refractivity contribution in [3.63, 3.8) is 0 Å². The smallest absolute Gasteiger partial charge is 0.337 e. The SMILES string of the molecule is C#C/C=C(\C=C/CCl)C(C)/C(C(=O)OCC)=C(/NC(=O)CN1CCOCC1)SCC.CC. The van der Waals surface area contributed by atoms with E-state index in [2.05, 4.69) is 11.2 Å². The molecule has 0 saturated carbocycles. The van der Waals surface area contributed by atoms with E-state index >= 15 is 0 Å². The fraction of sp³-hybridized carbons (Fsp3) is 0.583. The summed E-state index contributed by atoms with van der Waals surface area (Å²) in [6.45, 7) is 12.6. The zero-order chi connectivity index (χ0) is 24.4. The molecule has 8 heteroatoms. The number of hydrogen-bond donors (Lipinski definition) is 1. The van der Waals surface area contributed by atoms with Gasteiger partial charge in [-0.05, 0) is 24.3 Å². The van der Waals surface area contributed by atoms with Crippen molar-refractivity contribution < 1.29 is 19.1 Å². The third kappa shape index (κ3) is 11.2. The van der Waals surface area contributed by atoms with Crippen molar-refractivity contribution in [3.05, 3.63) is 34.4 Å². The first-order chi connectivity index (χ1) is 15.5. The summed E-state index contributed by atoms with van der Waals surface area (Å²) in [7, 11) is 0. The Bertz CT molecular complexity index is 707. The molecule has 180 valence electrons. The normalized spacial score (nSPS) is 16.3. The molecule has 32 heavy (non-hydrogen) atoms. The number of amides is 1. The number of nitrogens with zero attached hydrogens (tertiary/aromatic N) is 1. The molecule has 1 atom stereocenters. The van der Waals surface area contributed by atoms with Crippen molar-refractivity contribution in [2.45, 2.75) is 34.6 Å². The molecule has 1 aliphatic heterocycles. The average Bonchev–Trinajstić information content (AvgIpc) is 2.79. The Morgan fingerprint density at radius 3 is 2.50 bits per heavy atom. The highest BCUT2D eigenvalue weighted by Gasteiger charge is 2.27. The Kier molecular flexibility index (Phi) is 17.8. The van der Waals surface area contributed by atoms with Gasteiger partial charge in [0.25, 0.3) is 0 Å². The predicted octanol–water partition coefficient (Wildman–Crippen LogP) is 3.98. The molecule has 1 aliphatic rings. The molecule has 1 saturated heterocycles. The largest absolute Gasteiger partial charge is 0.463 e. The summed E-state index contributed by atoms with van der Waals surface area (Å²) < 4.78 is 10.6. The van der Waals surface area contributed by atoms with Gasteiger partial charge in [0.1, 0.15) is 0 Å². The third-order valence-corrected chi connectivity index (χ3v) is 5.41. The number of esters is 1. The molecule has 0 aromatic heterocycles. The predicted molar refractivity (Wildman–Crippen MR) is 134 cm³/mol. The van der Waals surface area contributed by atoms with Crippen LogP contribution in [0.15, 0.2) is 34.4 Å². The number of nitrogens with one attached hydrogen (secondary N) is 1. The van der Waals surface area contributed by atoms with E-state index in [0.29, 0.717) is 48.5 Å². The van der Waals surface area contributed by atoms with Gasteiger partial charge < -0.3 is 14.8 Å². The second-order valence-electron chi connectivity index (χ2n) is 6.42. The van der Waals surface area contributed by atoms with Gasteiger partial charge in [0.05, 0.1) is 37.0 Å². The van der Waals surface area contributed by atoms with Gasteiger partial charge in [-0.2, -0.15) is 0 Å². The van der Waals surface area contributed by atoms with Crippen molar-refractivity contribution in [1.29, 1.82) is 0 Å².